The van der Waals surface area contributed by atoms with Crippen LogP contribution in [0.5, 0.6) is 0 Å². The predicted molar refractivity (Wildman–Crippen MR) is 36.5 cm³/mol. The molecule has 10 heavy (non-hydrogen) atoms. The molecule has 0 aromatic heterocycles. The lowest BCUT2D eigenvalue weighted by Crippen LogP contribution is -1.89. The van der Waals surface area contributed by atoms with Gasteiger partial charge in [-0.1, -0.05) is 6.08 Å². The van der Waals surface area contributed by atoms with Crippen LogP contribution in [-0.4, -0.2) is 29.2 Å². The molecule has 7 heteroatoms. The number of hydrogen-bond acceptors (Lipinski definition) is 4. The van der Waals surface area contributed by atoms with Crippen LogP contribution in [-0.2, 0) is 10.4 Å². The van der Waals surface area contributed by atoms with E-state index in [9.17, 15) is 0 Å². The SMILES string of the molecule is C=CCO.N.O=S(=O)(O)O. The topological polar surface area (TPSA) is 130 Å². The summed E-state index contributed by atoms with van der Waals surface area (Å²) in [6.07, 6.45) is 1.43. The van der Waals surface area contributed by atoms with Crippen molar-refractivity contribution < 1.29 is 22.6 Å². The number of aliphatic hydroxyl groups excluding tert-OH is 1. The molecule has 0 heterocycles. The first-order chi connectivity index (χ1) is 3.91. The third kappa shape index (κ3) is 1140. The highest BCUT2D eigenvalue weighted by Crippen LogP contribution is 1.59. The van der Waals surface area contributed by atoms with Crippen LogP contribution >= 0.6 is 0 Å². The Kier molecular flexibility index (Phi) is 13.9. The molecule has 0 unspecified atom stereocenters. The lowest BCUT2D eigenvalue weighted by molar-refractivity contribution is 0.343. The molecule has 0 fully saturated rings. The van der Waals surface area contributed by atoms with E-state index in [2.05, 4.69) is 6.58 Å². The normalized spacial score (nSPS) is 8.30. The maximum absolute atomic E-state index is 8.74. The molecule has 6 N–H and O–H groups in total. The van der Waals surface area contributed by atoms with E-state index in [1.807, 2.05) is 0 Å². The van der Waals surface area contributed by atoms with Crippen LogP contribution in [0.15, 0.2) is 12.7 Å². The summed E-state index contributed by atoms with van der Waals surface area (Å²) in [7, 11) is -4.67. The van der Waals surface area contributed by atoms with Crippen molar-refractivity contribution in [3.63, 3.8) is 0 Å². The molecule has 0 amide bonds. The summed E-state index contributed by atoms with van der Waals surface area (Å²) in [5.41, 5.74) is 0. The van der Waals surface area contributed by atoms with E-state index in [-0.39, 0.29) is 12.8 Å². The molecule has 6 nitrogen and oxygen atoms in total. The van der Waals surface area contributed by atoms with Gasteiger partial charge in [-0.3, -0.25) is 9.11 Å². The van der Waals surface area contributed by atoms with E-state index in [0.717, 1.165) is 0 Å². The van der Waals surface area contributed by atoms with Gasteiger partial charge in [-0.25, -0.2) is 0 Å². The molecule has 0 radical (unpaired) electrons. The number of aliphatic hydroxyl groups is 1. The fourth-order valence-electron chi connectivity index (χ4n) is 0. The van der Waals surface area contributed by atoms with Gasteiger partial charge in [-0.2, -0.15) is 8.42 Å². The van der Waals surface area contributed by atoms with Crippen molar-refractivity contribution in [1.82, 2.24) is 6.15 Å². The van der Waals surface area contributed by atoms with Crippen LogP contribution in [0.2, 0.25) is 0 Å². The first-order valence-electron chi connectivity index (χ1n) is 1.83. The van der Waals surface area contributed by atoms with Gasteiger partial charge in [0.1, 0.15) is 0 Å². The van der Waals surface area contributed by atoms with Crippen molar-refractivity contribution in [2.75, 3.05) is 6.61 Å². The Bertz CT molecular complexity index is 142. The molecular weight excluding hydrogens is 162 g/mol. The predicted octanol–water partition coefficient (Wildman–Crippen LogP) is -0.326. The van der Waals surface area contributed by atoms with Crippen molar-refractivity contribution in [3.05, 3.63) is 12.7 Å². The maximum Gasteiger partial charge on any atom is 0.394 e. The Hall–Kier alpha value is -0.470. The standard InChI is InChI=1S/C3H6O.H3N.H2O4S/c1-2-3-4;;1-5(2,3)4/h2,4H,1,3H2;1H3;(H2,1,2,3,4). The Labute approximate surface area is 59.3 Å². The summed E-state index contributed by atoms with van der Waals surface area (Å²) in [6, 6.07) is 0. The van der Waals surface area contributed by atoms with Gasteiger partial charge in [0.05, 0.1) is 6.61 Å². The van der Waals surface area contributed by atoms with Gasteiger partial charge in [0.2, 0.25) is 0 Å². The molecule has 0 aromatic rings. The third-order valence-corrected chi connectivity index (χ3v) is 0.129. The minimum Gasteiger partial charge on any atom is -0.392 e. The average Bonchev–Trinajstić information content (AvgIpc) is 1.61. The maximum atomic E-state index is 8.74. The van der Waals surface area contributed by atoms with Crippen LogP contribution in [0.1, 0.15) is 0 Å². The van der Waals surface area contributed by atoms with Crippen molar-refractivity contribution in [3.8, 4) is 0 Å². The molecule has 0 saturated heterocycles. The van der Waals surface area contributed by atoms with E-state index in [1.165, 1.54) is 6.08 Å². The Morgan fingerprint density at radius 2 is 1.50 bits per heavy atom. The zero-order valence-corrected chi connectivity index (χ0v) is 6.08. The molecule has 0 rings (SSSR count). The monoisotopic (exact) mass is 173 g/mol. The molecule has 64 valence electrons. The molecule has 0 saturated carbocycles. The molecule has 0 aliphatic heterocycles. The highest BCUT2D eigenvalue weighted by molar-refractivity contribution is 7.79. The highest BCUT2D eigenvalue weighted by atomic mass is 32.3. The first-order valence-corrected chi connectivity index (χ1v) is 3.23. The summed E-state index contributed by atoms with van der Waals surface area (Å²) < 4.78 is 31.6. The van der Waals surface area contributed by atoms with E-state index in [4.69, 9.17) is 22.6 Å². The van der Waals surface area contributed by atoms with Crippen LogP contribution in [0, 0.1) is 0 Å². The van der Waals surface area contributed by atoms with Crippen LogP contribution < -0.4 is 6.15 Å². The summed E-state index contributed by atoms with van der Waals surface area (Å²) in [5, 5.41) is 7.76. The highest BCUT2D eigenvalue weighted by Gasteiger charge is 1.84. The van der Waals surface area contributed by atoms with Crippen molar-refractivity contribution in [1.29, 1.82) is 0 Å². The lowest BCUT2D eigenvalue weighted by Gasteiger charge is -1.68. The quantitative estimate of drug-likeness (QED) is 0.317. The van der Waals surface area contributed by atoms with E-state index in [0.29, 0.717) is 0 Å². The Morgan fingerprint density at radius 1 is 1.40 bits per heavy atom. The lowest BCUT2D eigenvalue weighted by atomic mass is 10.7. The van der Waals surface area contributed by atoms with Crippen molar-refractivity contribution in [2.24, 2.45) is 0 Å². The number of rotatable bonds is 1. The zero-order chi connectivity index (χ0) is 7.91. The van der Waals surface area contributed by atoms with Crippen LogP contribution in [0.4, 0.5) is 0 Å². The Morgan fingerprint density at radius 3 is 1.50 bits per heavy atom. The van der Waals surface area contributed by atoms with Crippen molar-refractivity contribution in [2.45, 2.75) is 0 Å². The van der Waals surface area contributed by atoms with Gasteiger partial charge >= 0.3 is 10.4 Å². The van der Waals surface area contributed by atoms with Crippen LogP contribution in [0.25, 0.3) is 0 Å². The minimum absolute atomic E-state index is 0. The van der Waals surface area contributed by atoms with Gasteiger partial charge in [-0.05, 0) is 0 Å². The fourth-order valence-corrected chi connectivity index (χ4v) is 0. The third-order valence-electron chi connectivity index (χ3n) is 0.129. The van der Waals surface area contributed by atoms with E-state index in [1.54, 1.807) is 0 Å². The molecule has 0 atom stereocenters. The molecule has 0 spiro atoms. The van der Waals surface area contributed by atoms with E-state index < -0.39 is 10.4 Å². The van der Waals surface area contributed by atoms with Gasteiger partial charge < -0.3 is 11.3 Å². The molecule has 0 aliphatic carbocycles. The number of hydrogen-bond donors (Lipinski definition) is 4. The van der Waals surface area contributed by atoms with Crippen LogP contribution in [0.3, 0.4) is 0 Å². The Balaban J connectivity index is -0.0000000910. The first kappa shape index (κ1) is 16.3. The second kappa shape index (κ2) is 8.53. The zero-order valence-electron chi connectivity index (χ0n) is 5.27. The smallest absolute Gasteiger partial charge is 0.392 e. The molecule has 0 bridgehead atoms. The van der Waals surface area contributed by atoms with Gasteiger partial charge in [0, 0.05) is 0 Å². The minimum atomic E-state index is -4.67. The van der Waals surface area contributed by atoms with Crippen molar-refractivity contribution >= 4 is 10.4 Å². The van der Waals surface area contributed by atoms with Gasteiger partial charge in [0.25, 0.3) is 0 Å². The molecule has 0 aromatic carbocycles. The molecular formula is C3H11NO5S. The second-order valence-electron chi connectivity index (χ2n) is 0.919. The van der Waals surface area contributed by atoms with Gasteiger partial charge in [0.15, 0.2) is 0 Å². The largest absolute Gasteiger partial charge is 0.394 e. The second-order valence-corrected chi connectivity index (χ2v) is 1.81. The average molecular weight is 173 g/mol. The summed E-state index contributed by atoms with van der Waals surface area (Å²) in [5.74, 6) is 0. The fraction of sp³-hybridized carbons (Fsp3) is 0.333. The van der Waals surface area contributed by atoms with E-state index >= 15 is 0 Å². The van der Waals surface area contributed by atoms with Gasteiger partial charge in [-0.15, -0.1) is 6.58 Å². The summed E-state index contributed by atoms with van der Waals surface area (Å²) in [4.78, 5) is 0. The molecule has 0 aliphatic rings. The summed E-state index contributed by atoms with van der Waals surface area (Å²) in [6.45, 7) is 3.31. The summed E-state index contributed by atoms with van der Waals surface area (Å²) >= 11 is 0.